The fraction of sp³-hybridized carbons (Fsp3) is 0.526. The molecule has 2 aromatic rings. The zero-order chi connectivity index (χ0) is 19.0. The second kappa shape index (κ2) is 7.44. The summed E-state index contributed by atoms with van der Waals surface area (Å²) < 4.78 is 4.91. The summed E-state index contributed by atoms with van der Waals surface area (Å²) in [6.07, 6.45) is 1.76. The van der Waals surface area contributed by atoms with E-state index in [9.17, 15) is 14.7 Å². The van der Waals surface area contributed by atoms with Crippen LogP contribution in [0.1, 0.15) is 46.0 Å². The molecule has 144 valence electrons. The molecule has 8 heteroatoms. The maximum atomic E-state index is 12.9. The van der Waals surface area contributed by atoms with Crippen LogP contribution in [-0.2, 0) is 17.8 Å². The van der Waals surface area contributed by atoms with Gasteiger partial charge in [0, 0.05) is 30.0 Å². The Bertz CT molecular complexity index is 846. The van der Waals surface area contributed by atoms with Gasteiger partial charge in [0.05, 0.1) is 12.1 Å². The zero-order valence-corrected chi connectivity index (χ0v) is 16.0. The van der Waals surface area contributed by atoms with E-state index < -0.39 is 6.10 Å². The molecule has 0 unspecified atom stereocenters. The number of fused-ring (bicyclic) bond motifs is 1. The molecule has 2 aliphatic rings. The molecule has 0 bridgehead atoms. The highest BCUT2D eigenvalue weighted by Gasteiger charge is 2.36. The van der Waals surface area contributed by atoms with E-state index in [2.05, 4.69) is 21.9 Å². The van der Waals surface area contributed by atoms with Gasteiger partial charge in [-0.1, -0.05) is 5.16 Å². The summed E-state index contributed by atoms with van der Waals surface area (Å²) in [6.45, 7) is 3.12. The van der Waals surface area contributed by atoms with Gasteiger partial charge in [0.1, 0.15) is 5.76 Å². The van der Waals surface area contributed by atoms with Crippen molar-refractivity contribution in [2.24, 2.45) is 5.92 Å². The van der Waals surface area contributed by atoms with E-state index in [1.54, 1.807) is 24.3 Å². The number of carbonyl (C=O) groups excluding carboxylic acids is 2. The largest absolute Gasteiger partial charge is 0.391 e. The second-order valence-electron chi connectivity index (χ2n) is 7.36. The van der Waals surface area contributed by atoms with Gasteiger partial charge in [-0.05, 0) is 49.6 Å². The molecular formula is C19H23N3O4S. The normalized spacial score (nSPS) is 25.1. The summed E-state index contributed by atoms with van der Waals surface area (Å²) in [5.74, 6) is 0.123. The van der Waals surface area contributed by atoms with Gasteiger partial charge in [0.15, 0.2) is 5.69 Å². The summed E-state index contributed by atoms with van der Waals surface area (Å²) in [7, 11) is 0. The van der Waals surface area contributed by atoms with Crippen LogP contribution in [-0.4, -0.2) is 45.7 Å². The van der Waals surface area contributed by atoms with Crippen molar-refractivity contribution in [2.45, 2.75) is 51.3 Å². The minimum absolute atomic E-state index is 0.114. The number of nitrogens with one attached hydrogen (secondary N) is 1. The summed E-state index contributed by atoms with van der Waals surface area (Å²) in [6, 6.07) is 3.28. The third-order valence-electron chi connectivity index (χ3n) is 5.46. The predicted octanol–water partition coefficient (Wildman–Crippen LogP) is 1.89. The van der Waals surface area contributed by atoms with E-state index in [1.807, 2.05) is 4.90 Å². The van der Waals surface area contributed by atoms with Crippen LogP contribution < -0.4 is 5.32 Å². The van der Waals surface area contributed by atoms with Gasteiger partial charge >= 0.3 is 0 Å². The van der Waals surface area contributed by atoms with Crippen molar-refractivity contribution in [3.8, 4) is 0 Å². The Labute approximate surface area is 161 Å². The summed E-state index contributed by atoms with van der Waals surface area (Å²) in [5.41, 5.74) is 1.45. The first-order valence-electron chi connectivity index (χ1n) is 9.27. The zero-order valence-electron chi connectivity index (χ0n) is 15.2. The van der Waals surface area contributed by atoms with Gasteiger partial charge in [-0.25, -0.2) is 0 Å². The summed E-state index contributed by atoms with van der Waals surface area (Å²) in [5, 5.41) is 19.1. The van der Waals surface area contributed by atoms with Crippen LogP contribution in [0.4, 0.5) is 0 Å². The monoisotopic (exact) mass is 389 g/mol. The predicted molar refractivity (Wildman–Crippen MR) is 99.3 cm³/mol. The fourth-order valence-electron chi connectivity index (χ4n) is 3.95. The van der Waals surface area contributed by atoms with Gasteiger partial charge in [-0.3, -0.25) is 9.59 Å². The fourth-order valence-corrected chi connectivity index (χ4v) is 4.84. The van der Waals surface area contributed by atoms with E-state index in [-0.39, 0.29) is 29.5 Å². The molecule has 4 rings (SSSR count). The first-order chi connectivity index (χ1) is 13.0. The highest BCUT2D eigenvalue weighted by molar-refractivity contribution is 7.10. The van der Waals surface area contributed by atoms with Crippen LogP contribution in [0.2, 0.25) is 0 Å². The minimum atomic E-state index is -0.744. The smallest absolute Gasteiger partial charge is 0.273 e. The number of thiophene rings is 1. The van der Waals surface area contributed by atoms with Crippen molar-refractivity contribution in [1.82, 2.24) is 15.4 Å². The number of rotatable bonds is 3. The topological polar surface area (TPSA) is 95.7 Å². The maximum absolute atomic E-state index is 12.9. The van der Waals surface area contributed by atoms with E-state index >= 15 is 0 Å². The SMILES string of the molecule is Cc1cc(C(=O)N[C@H]2CC[C@H](C(=O)N3CCc4sccc4C3)C[C@@H]2O)no1. The number of aromatic nitrogens is 1. The van der Waals surface area contributed by atoms with E-state index in [0.717, 1.165) is 13.0 Å². The lowest BCUT2D eigenvalue weighted by Crippen LogP contribution is -2.50. The molecule has 27 heavy (non-hydrogen) atoms. The molecule has 2 aromatic heterocycles. The molecule has 1 aliphatic carbocycles. The molecule has 7 nitrogen and oxygen atoms in total. The van der Waals surface area contributed by atoms with E-state index in [0.29, 0.717) is 31.6 Å². The molecule has 3 heterocycles. The molecule has 1 fully saturated rings. The standard InChI is InChI=1S/C19H23N3O4S/c1-11-8-15(21-26-11)18(24)20-14-3-2-12(9-16(14)23)19(25)22-6-4-17-13(10-22)5-7-27-17/h5,7-8,12,14,16,23H,2-4,6,9-10H2,1H3,(H,20,24)/t12-,14-,16-/m0/s1. The number of nitrogens with zero attached hydrogens (tertiary/aromatic N) is 2. The molecule has 2 N–H and O–H groups in total. The van der Waals surface area contributed by atoms with E-state index in [1.165, 1.54) is 10.4 Å². The van der Waals surface area contributed by atoms with Crippen LogP contribution in [0.3, 0.4) is 0 Å². The van der Waals surface area contributed by atoms with Crippen molar-refractivity contribution >= 4 is 23.2 Å². The van der Waals surface area contributed by atoms with Crippen molar-refractivity contribution in [1.29, 1.82) is 0 Å². The van der Waals surface area contributed by atoms with Crippen molar-refractivity contribution in [3.63, 3.8) is 0 Å². The number of aliphatic hydroxyl groups is 1. The molecule has 0 aromatic carbocycles. The lowest BCUT2D eigenvalue weighted by atomic mass is 9.82. The highest BCUT2D eigenvalue weighted by Crippen LogP contribution is 2.30. The molecule has 0 radical (unpaired) electrons. The van der Waals surface area contributed by atoms with Crippen LogP contribution >= 0.6 is 11.3 Å². The molecule has 0 saturated heterocycles. The third kappa shape index (κ3) is 3.77. The molecule has 2 amide bonds. The molecule has 0 spiro atoms. The Hall–Kier alpha value is -2.19. The van der Waals surface area contributed by atoms with Gasteiger partial charge in [0.25, 0.3) is 5.91 Å². The molecule has 3 atom stereocenters. The summed E-state index contributed by atoms with van der Waals surface area (Å²) >= 11 is 1.75. The van der Waals surface area contributed by atoms with E-state index in [4.69, 9.17) is 4.52 Å². The summed E-state index contributed by atoms with van der Waals surface area (Å²) in [4.78, 5) is 28.4. The quantitative estimate of drug-likeness (QED) is 0.836. The minimum Gasteiger partial charge on any atom is -0.391 e. The Morgan fingerprint density at radius 1 is 1.41 bits per heavy atom. The van der Waals surface area contributed by atoms with Crippen LogP contribution in [0.5, 0.6) is 0 Å². The number of aliphatic hydroxyl groups excluding tert-OH is 1. The first-order valence-corrected chi connectivity index (χ1v) is 10.2. The Balaban J connectivity index is 1.33. The second-order valence-corrected chi connectivity index (χ2v) is 8.36. The lowest BCUT2D eigenvalue weighted by molar-refractivity contribution is -0.139. The maximum Gasteiger partial charge on any atom is 0.273 e. The highest BCUT2D eigenvalue weighted by atomic mass is 32.1. The first kappa shape index (κ1) is 18.2. The van der Waals surface area contributed by atoms with Gasteiger partial charge < -0.3 is 19.8 Å². The van der Waals surface area contributed by atoms with Crippen LogP contribution in [0.15, 0.2) is 22.0 Å². The Kier molecular flexibility index (Phi) is 5.01. The number of hydrogen-bond donors (Lipinski definition) is 2. The van der Waals surface area contributed by atoms with Gasteiger partial charge in [-0.2, -0.15) is 0 Å². The molecular weight excluding hydrogens is 366 g/mol. The van der Waals surface area contributed by atoms with Crippen molar-refractivity contribution in [2.75, 3.05) is 6.54 Å². The number of amides is 2. The molecule has 1 saturated carbocycles. The van der Waals surface area contributed by atoms with Crippen LogP contribution in [0.25, 0.3) is 0 Å². The van der Waals surface area contributed by atoms with Crippen LogP contribution in [0, 0.1) is 12.8 Å². The number of aryl methyl sites for hydroxylation is 1. The number of hydrogen-bond acceptors (Lipinski definition) is 6. The average molecular weight is 389 g/mol. The lowest BCUT2D eigenvalue weighted by Gasteiger charge is -2.36. The van der Waals surface area contributed by atoms with Gasteiger partial charge in [0.2, 0.25) is 5.91 Å². The van der Waals surface area contributed by atoms with Crippen molar-refractivity contribution < 1.29 is 19.2 Å². The van der Waals surface area contributed by atoms with Crippen molar-refractivity contribution in [3.05, 3.63) is 39.4 Å². The van der Waals surface area contributed by atoms with Gasteiger partial charge in [-0.15, -0.1) is 11.3 Å². The third-order valence-corrected chi connectivity index (χ3v) is 6.49. The average Bonchev–Trinajstić information content (AvgIpc) is 3.30. The molecule has 1 aliphatic heterocycles. The Morgan fingerprint density at radius 2 is 2.26 bits per heavy atom. The number of carbonyl (C=O) groups is 2. The Morgan fingerprint density at radius 3 is 3.00 bits per heavy atom.